The summed E-state index contributed by atoms with van der Waals surface area (Å²) >= 11 is 3.27. The summed E-state index contributed by atoms with van der Waals surface area (Å²) in [6.45, 7) is 2.09. The van der Waals surface area contributed by atoms with Gasteiger partial charge >= 0.3 is 6.09 Å². The van der Waals surface area contributed by atoms with Gasteiger partial charge in [0.1, 0.15) is 11.4 Å². The molecule has 0 spiro atoms. The molecule has 0 aliphatic rings. The summed E-state index contributed by atoms with van der Waals surface area (Å²) in [5.41, 5.74) is 3.86. The van der Waals surface area contributed by atoms with Gasteiger partial charge in [-0.3, -0.25) is 5.32 Å². The highest BCUT2D eigenvalue weighted by Crippen LogP contribution is 2.35. The quantitative estimate of drug-likeness (QED) is 0.496. The molecule has 3 heterocycles. The lowest BCUT2D eigenvalue weighted by molar-refractivity contribution is 0.168. The molecular weight excluding hydrogens is 366 g/mol. The molecule has 0 aliphatic carbocycles. The van der Waals surface area contributed by atoms with Crippen molar-refractivity contribution in [3.63, 3.8) is 0 Å². The molecule has 130 valence electrons. The van der Waals surface area contributed by atoms with Crippen LogP contribution in [0.1, 0.15) is 6.92 Å². The number of fused-ring (bicyclic) bond motifs is 1. The van der Waals surface area contributed by atoms with E-state index >= 15 is 0 Å². The fraction of sp³-hybridized carbons (Fsp3) is 0.105. The van der Waals surface area contributed by atoms with Crippen LogP contribution in [0.2, 0.25) is 0 Å². The maximum absolute atomic E-state index is 11.6. The lowest BCUT2D eigenvalue weighted by Gasteiger charge is -2.09. The van der Waals surface area contributed by atoms with Crippen molar-refractivity contribution in [3.05, 3.63) is 53.2 Å². The first-order chi connectivity index (χ1) is 12.7. The van der Waals surface area contributed by atoms with Crippen LogP contribution in [0.15, 0.2) is 53.2 Å². The Balaban J connectivity index is 1.82. The first-order valence-electron chi connectivity index (χ1n) is 8.08. The maximum Gasteiger partial charge on any atom is 0.411 e. The van der Waals surface area contributed by atoms with Gasteiger partial charge in [0.15, 0.2) is 0 Å². The van der Waals surface area contributed by atoms with Crippen LogP contribution in [-0.4, -0.2) is 22.7 Å². The Hall–Kier alpha value is -2.77. The van der Waals surface area contributed by atoms with Crippen LogP contribution in [0, 0.1) is 0 Å². The first-order valence-corrected chi connectivity index (χ1v) is 9.84. The number of thiophene rings is 2. The number of nitrogens with zero attached hydrogens (tertiary/aromatic N) is 2. The van der Waals surface area contributed by atoms with Crippen molar-refractivity contribution in [1.82, 2.24) is 9.97 Å². The highest BCUT2D eigenvalue weighted by Gasteiger charge is 2.15. The van der Waals surface area contributed by atoms with Crippen molar-refractivity contribution >= 4 is 45.5 Å². The van der Waals surface area contributed by atoms with E-state index in [-0.39, 0.29) is 0 Å². The van der Waals surface area contributed by atoms with E-state index in [1.165, 1.54) is 0 Å². The van der Waals surface area contributed by atoms with Gasteiger partial charge in [0, 0.05) is 5.69 Å². The van der Waals surface area contributed by atoms with E-state index in [4.69, 9.17) is 14.7 Å². The molecule has 4 aromatic rings. The lowest BCUT2D eigenvalue weighted by Crippen LogP contribution is -2.13. The average Bonchev–Trinajstić information content (AvgIpc) is 3.34. The summed E-state index contributed by atoms with van der Waals surface area (Å²) in [7, 11) is 0. The van der Waals surface area contributed by atoms with Crippen molar-refractivity contribution < 1.29 is 9.53 Å². The second-order valence-corrected chi connectivity index (χ2v) is 7.32. The molecule has 5 nitrogen and oxygen atoms in total. The van der Waals surface area contributed by atoms with E-state index in [0.29, 0.717) is 12.3 Å². The number of ether oxygens (including phenoxy) is 1. The molecule has 1 aromatic carbocycles. The molecule has 1 amide bonds. The summed E-state index contributed by atoms with van der Waals surface area (Å²) in [5, 5.41) is 6.77. The Labute approximate surface area is 158 Å². The minimum absolute atomic E-state index is 0.325. The van der Waals surface area contributed by atoms with Gasteiger partial charge in [-0.2, -0.15) is 0 Å². The van der Waals surface area contributed by atoms with Gasteiger partial charge in [-0.05, 0) is 48.0 Å². The highest BCUT2D eigenvalue weighted by molar-refractivity contribution is 7.14. The number of rotatable bonds is 4. The van der Waals surface area contributed by atoms with E-state index in [1.807, 2.05) is 47.2 Å². The van der Waals surface area contributed by atoms with Crippen LogP contribution in [0.5, 0.6) is 0 Å². The molecule has 7 heteroatoms. The topological polar surface area (TPSA) is 64.1 Å². The smallest absolute Gasteiger partial charge is 0.411 e. The second-order valence-electron chi connectivity index (χ2n) is 5.42. The molecule has 26 heavy (non-hydrogen) atoms. The molecule has 1 N–H and O–H groups in total. The van der Waals surface area contributed by atoms with Crippen LogP contribution in [0.25, 0.3) is 32.2 Å². The minimum atomic E-state index is -0.478. The fourth-order valence-electron chi connectivity index (χ4n) is 2.59. The zero-order valence-corrected chi connectivity index (χ0v) is 15.6. The van der Waals surface area contributed by atoms with E-state index in [1.54, 1.807) is 35.7 Å². The van der Waals surface area contributed by atoms with E-state index in [0.717, 1.165) is 32.2 Å². The van der Waals surface area contributed by atoms with Gasteiger partial charge in [0.25, 0.3) is 0 Å². The zero-order valence-electron chi connectivity index (χ0n) is 13.9. The van der Waals surface area contributed by atoms with Crippen molar-refractivity contribution in [3.8, 4) is 21.1 Å². The number of carbonyl (C=O) groups is 1. The SMILES string of the molecule is CCOC(=O)Nc1ccc2nc(-c3cccs3)c(-c3cccs3)nc2c1. The molecule has 0 atom stereocenters. The number of aromatic nitrogens is 2. The number of hydrogen-bond acceptors (Lipinski definition) is 6. The zero-order chi connectivity index (χ0) is 17.9. The number of benzene rings is 1. The Bertz CT molecular complexity index is 1040. The Morgan fingerprint density at radius 3 is 2.23 bits per heavy atom. The number of carbonyl (C=O) groups excluding carboxylic acids is 1. The minimum Gasteiger partial charge on any atom is -0.450 e. The Morgan fingerprint density at radius 1 is 1.00 bits per heavy atom. The standard InChI is InChI=1S/C19H15N3O2S2/c1-2-24-19(23)20-12-7-8-13-14(11-12)22-18(16-6-4-10-26-16)17(21-13)15-5-3-9-25-15/h3-11H,2H2,1H3,(H,20,23). The molecule has 0 unspecified atom stereocenters. The Morgan fingerprint density at radius 2 is 1.65 bits per heavy atom. The summed E-state index contributed by atoms with van der Waals surface area (Å²) in [6.07, 6.45) is -0.478. The number of nitrogens with one attached hydrogen (secondary N) is 1. The molecule has 0 aliphatic heterocycles. The van der Waals surface area contributed by atoms with Crippen LogP contribution >= 0.6 is 22.7 Å². The molecule has 0 bridgehead atoms. The molecule has 4 rings (SSSR count). The lowest BCUT2D eigenvalue weighted by atomic mass is 10.2. The fourth-order valence-corrected chi connectivity index (χ4v) is 4.02. The van der Waals surface area contributed by atoms with Crippen LogP contribution < -0.4 is 5.32 Å². The molecule has 3 aromatic heterocycles. The predicted molar refractivity (Wildman–Crippen MR) is 107 cm³/mol. The van der Waals surface area contributed by atoms with Crippen LogP contribution in [0.4, 0.5) is 10.5 Å². The maximum atomic E-state index is 11.6. The number of amides is 1. The highest BCUT2D eigenvalue weighted by atomic mass is 32.1. The van der Waals surface area contributed by atoms with Crippen LogP contribution in [-0.2, 0) is 4.74 Å². The van der Waals surface area contributed by atoms with E-state index in [9.17, 15) is 4.79 Å². The predicted octanol–water partition coefficient (Wildman–Crippen LogP) is 5.66. The molecular formula is C19H15N3O2S2. The summed E-state index contributed by atoms with van der Waals surface area (Å²) in [4.78, 5) is 23.5. The van der Waals surface area contributed by atoms with Gasteiger partial charge in [-0.1, -0.05) is 12.1 Å². The summed E-state index contributed by atoms with van der Waals surface area (Å²) in [6, 6.07) is 13.6. The molecule has 0 fully saturated rings. The van der Waals surface area contributed by atoms with E-state index < -0.39 is 6.09 Å². The third-order valence-corrected chi connectivity index (χ3v) is 5.45. The second kappa shape index (κ2) is 7.23. The summed E-state index contributed by atoms with van der Waals surface area (Å²) < 4.78 is 4.93. The monoisotopic (exact) mass is 381 g/mol. The summed E-state index contributed by atoms with van der Waals surface area (Å²) in [5.74, 6) is 0. The van der Waals surface area contributed by atoms with Crippen molar-refractivity contribution in [2.24, 2.45) is 0 Å². The van der Waals surface area contributed by atoms with Gasteiger partial charge in [-0.15, -0.1) is 22.7 Å². The van der Waals surface area contributed by atoms with Gasteiger partial charge in [-0.25, -0.2) is 14.8 Å². The van der Waals surface area contributed by atoms with E-state index in [2.05, 4.69) is 5.32 Å². The third-order valence-electron chi connectivity index (χ3n) is 3.70. The Kier molecular flexibility index (Phi) is 4.64. The molecule has 0 saturated carbocycles. The number of anilines is 1. The van der Waals surface area contributed by atoms with Crippen molar-refractivity contribution in [2.45, 2.75) is 6.92 Å². The average molecular weight is 381 g/mol. The first kappa shape index (κ1) is 16.7. The van der Waals surface area contributed by atoms with Gasteiger partial charge in [0.2, 0.25) is 0 Å². The van der Waals surface area contributed by atoms with Gasteiger partial charge < -0.3 is 4.74 Å². The van der Waals surface area contributed by atoms with Crippen molar-refractivity contribution in [2.75, 3.05) is 11.9 Å². The molecule has 0 radical (unpaired) electrons. The van der Waals surface area contributed by atoms with Gasteiger partial charge in [0.05, 0.1) is 27.4 Å². The number of hydrogen-bond donors (Lipinski definition) is 1. The third kappa shape index (κ3) is 3.31. The largest absolute Gasteiger partial charge is 0.450 e. The molecule has 0 saturated heterocycles. The normalized spacial score (nSPS) is 10.8. The van der Waals surface area contributed by atoms with Crippen molar-refractivity contribution in [1.29, 1.82) is 0 Å². The van der Waals surface area contributed by atoms with Crippen LogP contribution in [0.3, 0.4) is 0 Å².